The van der Waals surface area contributed by atoms with Gasteiger partial charge in [-0.2, -0.15) is 0 Å². The van der Waals surface area contributed by atoms with E-state index in [4.69, 9.17) is 0 Å². The van der Waals surface area contributed by atoms with Gasteiger partial charge in [-0.25, -0.2) is 4.79 Å². The quantitative estimate of drug-likeness (QED) is 0.524. The number of hydrogen-bond donors (Lipinski definition) is 3. The summed E-state index contributed by atoms with van der Waals surface area (Å²) in [6.07, 6.45) is 7.76. The first-order valence-corrected chi connectivity index (χ1v) is 8.65. The smallest absolute Gasteiger partial charge is 0.321 e. The molecule has 0 saturated carbocycles. The molecule has 1 aromatic carbocycles. The van der Waals surface area contributed by atoms with Gasteiger partial charge in [-0.1, -0.05) is 23.8 Å². The van der Waals surface area contributed by atoms with E-state index in [0.29, 0.717) is 17.8 Å². The molecule has 25 heavy (non-hydrogen) atoms. The highest BCUT2D eigenvalue weighted by Gasteiger charge is 2.09. The first-order chi connectivity index (χ1) is 12.0. The number of hydrogen-bond acceptors (Lipinski definition) is 4. The summed E-state index contributed by atoms with van der Waals surface area (Å²) >= 11 is 0. The van der Waals surface area contributed by atoms with Crippen molar-refractivity contribution in [2.75, 3.05) is 18.4 Å². The molecule has 0 heterocycles. The Morgan fingerprint density at radius 3 is 2.72 bits per heavy atom. The highest BCUT2D eigenvalue weighted by molar-refractivity contribution is 5.97. The Hall–Kier alpha value is -2.63. The highest BCUT2D eigenvalue weighted by Crippen LogP contribution is 2.19. The Bertz CT molecular complexity index is 668. The fraction of sp³-hybridized carbons (Fsp3) is 0.421. The zero-order chi connectivity index (χ0) is 18.1. The minimum Gasteiger partial charge on any atom is -0.376 e. The maximum Gasteiger partial charge on any atom is 0.321 e. The van der Waals surface area contributed by atoms with Crippen molar-refractivity contribution in [1.82, 2.24) is 10.6 Å². The minimum absolute atomic E-state index is 0.0411. The van der Waals surface area contributed by atoms with Crippen LogP contribution in [0.4, 0.5) is 10.5 Å². The molecule has 1 aliphatic carbocycles. The first kappa shape index (κ1) is 18.7. The molecule has 3 N–H and O–H groups in total. The SMILES string of the molecule is CC(=O)c1cccc(NCC(=O)NC(=O)NCCC2=CCCCC2)c1. The maximum atomic E-state index is 11.8. The van der Waals surface area contributed by atoms with E-state index in [9.17, 15) is 14.4 Å². The monoisotopic (exact) mass is 343 g/mol. The predicted octanol–water partition coefficient (Wildman–Crippen LogP) is 3.02. The molecule has 0 atom stereocenters. The molecule has 0 spiro atoms. The number of carbonyl (C=O) groups is 3. The third-order valence-corrected chi connectivity index (χ3v) is 4.09. The zero-order valence-electron chi connectivity index (χ0n) is 14.6. The molecule has 0 saturated heterocycles. The van der Waals surface area contributed by atoms with Crippen LogP contribution in [0.3, 0.4) is 0 Å². The van der Waals surface area contributed by atoms with Crippen LogP contribution in [0.5, 0.6) is 0 Å². The number of Topliss-reactive ketones (excluding diaryl/α,β-unsaturated/α-hetero) is 1. The number of imide groups is 1. The van der Waals surface area contributed by atoms with E-state index in [-0.39, 0.29) is 12.3 Å². The molecule has 0 bridgehead atoms. The Kier molecular flexibility index (Phi) is 7.19. The summed E-state index contributed by atoms with van der Waals surface area (Å²) in [5.74, 6) is -0.469. The Balaban J connectivity index is 1.67. The van der Waals surface area contributed by atoms with Gasteiger partial charge in [0.05, 0.1) is 6.54 Å². The molecule has 6 nitrogen and oxygen atoms in total. The van der Waals surface area contributed by atoms with Crippen LogP contribution < -0.4 is 16.0 Å². The van der Waals surface area contributed by atoms with Crippen LogP contribution in [0.1, 0.15) is 49.4 Å². The number of ketones is 1. The molecule has 0 aromatic heterocycles. The standard InChI is InChI=1S/C19H25N3O3/c1-14(23)16-8-5-9-17(12-16)21-13-18(24)22-19(25)20-11-10-15-6-3-2-4-7-15/h5-6,8-9,12,21H,2-4,7,10-11,13H2,1H3,(H2,20,22,24,25). The lowest BCUT2D eigenvalue weighted by atomic mass is 9.97. The molecular formula is C19H25N3O3. The Labute approximate surface area is 148 Å². The van der Waals surface area contributed by atoms with E-state index in [1.807, 2.05) is 0 Å². The van der Waals surface area contributed by atoms with Gasteiger partial charge in [0.25, 0.3) is 0 Å². The molecular weight excluding hydrogens is 318 g/mol. The third kappa shape index (κ3) is 6.79. The van der Waals surface area contributed by atoms with Crippen molar-refractivity contribution >= 4 is 23.4 Å². The van der Waals surface area contributed by atoms with Crippen LogP contribution in [-0.4, -0.2) is 30.8 Å². The van der Waals surface area contributed by atoms with Crippen molar-refractivity contribution < 1.29 is 14.4 Å². The van der Waals surface area contributed by atoms with Crippen LogP contribution in [0.25, 0.3) is 0 Å². The summed E-state index contributed by atoms with van der Waals surface area (Å²) in [6, 6.07) is 6.40. The van der Waals surface area contributed by atoms with E-state index >= 15 is 0 Å². The minimum atomic E-state index is -0.485. The average molecular weight is 343 g/mol. The summed E-state index contributed by atoms with van der Waals surface area (Å²) in [4.78, 5) is 34.8. The van der Waals surface area contributed by atoms with Gasteiger partial charge in [-0.3, -0.25) is 14.9 Å². The van der Waals surface area contributed by atoms with Crippen LogP contribution >= 0.6 is 0 Å². The van der Waals surface area contributed by atoms with Crippen molar-refractivity contribution in [3.63, 3.8) is 0 Å². The summed E-state index contributed by atoms with van der Waals surface area (Å²) in [5, 5.41) is 7.89. The Morgan fingerprint density at radius 1 is 1.16 bits per heavy atom. The second-order valence-corrected chi connectivity index (χ2v) is 6.15. The summed E-state index contributed by atoms with van der Waals surface area (Å²) in [7, 11) is 0. The number of benzene rings is 1. The van der Waals surface area contributed by atoms with Crippen molar-refractivity contribution in [3.8, 4) is 0 Å². The third-order valence-electron chi connectivity index (χ3n) is 4.09. The fourth-order valence-corrected chi connectivity index (χ4v) is 2.71. The van der Waals surface area contributed by atoms with Crippen molar-refractivity contribution in [1.29, 1.82) is 0 Å². The molecule has 2 rings (SSSR count). The lowest BCUT2D eigenvalue weighted by molar-refractivity contribution is -0.118. The van der Waals surface area contributed by atoms with Gasteiger partial charge in [0, 0.05) is 17.8 Å². The molecule has 1 aromatic rings. The number of anilines is 1. The lowest BCUT2D eigenvalue weighted by Crippen LogP contribution is -2.42. The lowest BCUT2D eigenvalue weighted by Gasteiger charge is -2.13. The van der Waals surface area contributed by atoms with Crippen molar-refractivity contribution in [2.45, 2.75) is 39.0 Å². The van der Waals surface area contributed by atoms with Gasteiger partial charge >= 0.3 is 6.03 Å². The van der Waals surface area contributed by atoms with E-state index < -0.39 is 11.9 Å². The highest BCUT2D eigenvalue weighted by atomic mass is 16.2. The zero-order valence-corrected chi connectivity index (χ0v) is 14.6. The second kappa shape index (κ2) is 9.61. The maximum absolute atomic E-state index is 11.8. The fourth-order valence-electron chi connectivity index (χ4n) is 2.71. The molecule has 134 valence electrons. The predicted molar refractivity (Wildman–Crippen MR) is 97.6 cm³/mol. The van der Waals surface area contributed by atoms with E-state index in [1.54, 1.807) is 24.3 Å². The van der Waals surface area contributed by atoms with Crippen LogP contribution in [0.15, 0.2) is 35.9 Å². The van der Waals surface area contributed by atoms with E-state index in [0.717, 1.165) is 19.3 Å². The van der Waals surface area contributed by atoms with Gasteiger partial charge in [0.1, 0.15) is 0 Å². The average Bonchev–Trinajstić information content (AvgIpc) is 2.61. The van der Waals surface area contributed by atoms with Gasteiger partial charge in [0.2, 0.25) is 5.91 Å². The van der Waals surface area contributed by atoms with Gasteiger partial charge in [-0.15, -0.1) is 0 Å². The van der Waals surface area contributed by atoms with Crippen LogP contribution in [0, 0.1) is 0 Å². The van der Waals surface area contributed by atoms with Crippen LogP contribution in [-0.2, 0) is 4.79 Å². The normalized spacial score (nSPS) is 13.6. The second-order valence-electron chi connectivity index (χ2n) is 6.15. The van der Waals surface area contributed by atoms with Crippen molar-refractivity contribution in [3.05, 3.63) is 41.5 Å². The number of nitrogens with one attached hydrogen (secondary N) is 3. The molecule has 0 fully saturated rings. The molecule has 6 heteroatoms. The van der Waals surface area contributed by atoms with Crippen LogP contribution in [0.2, 0.25) is 0 Å². The summed E-state index contributed by atoms with van der Waals surface area (Å²) in [5.41, 5.74) is 2.61. The molecule has 3 amide bonds. The molecule has 0 aliphatic heterocycles. The summed E-state index contributed by atoms with van der Waals surface area (Å²) in [6.45, 7) is 1.97. The largest absolute Gasteiger partial charge is 0.376 e. The number of amides is 3. The number of rotatable bonds is 7. The molecule has 1 aliphatic rings. The molecule has 0 unspecified atom stereocenters. The number of allylic oxidation sites excluding steroid dienone is 1. The molecule has 0 radical (unpaired) electrons. The van der Waals surface area contributed by atoms with Gasteiger partial charge in [-0.05, 0) is 51.2 Å². The Morgan fingerprint density at radius 2 is 2.00 bits per heavy atom. The first-order valence-electron chi connectivity index (χ1n) is 8.65. The number of carbonyl (C=O) groups excluding carboxylic acids is 3. The number of urea groups is 1. The van der Waals surface area contributed by atoms with Gasteiger partial charge < -0.3 is 10.6 Å². The topological polar surface area (TPSA) is 87.3 Å². The van der Waals surface area contributed by atoms with Gasteiger partial charge in [0.15, 0.2) is 5.78 Å². The summed E-state index contributed by atoms with van der Waals surface area (Å²) < 4.78 is 0. The van der Waals surface area contributed by atoms with E-state index in [2.05, 4.69) is 22.0 Å². The van der Waals surface area contributed by atoms with Crippen molar-refractivity contribution in [2.24, 2.45) is 0 Å². The van der Waals surface area contributed by atoms with E-state index in [1.165, 1.54) is 25.3 Å².